The van der Waals surface area contributed by atoms with E-state index in [1.54, 1.807) is 0 Å². The first kappa shape index (κ1) is 16.8. The predicted molar refractivity (Wildman–Crippen MR) is 94.3 cm³/mol. The van der Waals surface area contributed by atoms with Crippen molar-refractivity contribution in [2.45, 2.75) is 38.7 Å². The van der Waals surface area contributed by atoms with E-state index in [1.807, 2.05) is 11.4 Å². The van der Waals surface area contributed by atoms with Gasteiger partial charge in [0.05, 0.1) is 31.6 Å². The van der Waals surface area contributed by atoms with Crippen LogP contribution in [0.15, 0.2) is 6.07 Å². The maximum atomic E-state index is 5.74. The number of anilines is 1. The summed E-state index contributed by atoms with van der Waals surface area (Å²) < 4.78 is 18.6. The zero-order valence-electron chi connectivity index (χ0n) is 15.0. The molecule has 7 heteroatoms. The van der Waals surface area contributed by atoms with E-state index in [0.29, 0.717) is 32.3 Å². The first-order chi connectivity index (χ1) is 12.2. The zero-order valence-corrected chi connectivity index (χ0v) is 15.0. The van der Waals surface area contributed by atoms with Crippen molar-refractivity contribution in [3.63, 3.8) is 0 Å². The third-order valence-electron chi connectivity index (χ3n) is 5.12. The first-order valence-electron chi connectivity index (χ1n) is 9.10. The normalized spacial score (nSPS) is 22.4. The van der Waals surface area contributed by atoms with Crippen LogP contribution in [0.2, 0.25) is 0 Å². The molecule has 4 rings (SSSR count). The fourth-order valence-corrected chi connectivity index (χ4v) is 3.48. The largest absolute Gasteiger partial charge is 0.381 e. The Hall–Kier alpha value is -1.70. The Bertz CT molecular complexity index is 733. The van der Waals surface area contributed by atoms with Crippen LogP contribution in [0.5, 0.6) is 0 Å². The number of fused-ring (bicyclic) bond motifs is 1. The summed E-state index contributed by atoms with van der Waals surface area (Å²) in [4.78, 5) is 4.72. The van der Waals surface area contributed by atoms with Gasteiger partial charge in [-0.2, -0.15) is 9.61 Å². The van der Waals surface area contributed by atoms with Crippen LogP contribution in [0.1, 0.15) is 35.7 Å². The van der Waals surface area contributed by atoms with Crippen molar-refractivity contribution in [1.82, 2.24) is 14.6 Å². The lowest BCUT2D eigenvalue weighted by molar-refractivity contribution is -0.0819. The highest BCUT2D eigenvalue weighted by Crippen LogP contribution is 2.28. The van der Waals surface area contributed by atoms with Crippen LogP contribution >= 0.6 is 0 Å². The fourth-order valence-electron chi connectivity index (χ4n) is 3.48. The minimum absolute atomic E-state index is 0.0715. The fraction of sp³-hybridized carbons (Fsp3) is 0.667. The smallest absolute Gasteiger partial charge is 0.157 e. The third-order valence-corrected chi connectivity index (χ3v) is 5.12. The van der Waals surface area contributed by atoms with Crippen molar-refractivity contribution in [1.29, 1.82) is 0 Å². The average molecular weight is 346 g/mol. The van der Waals surface area contributed by atoms with Crippen LogP contribution in [0.4, 0.5) is 5.82 Å². The Kier molecular flexibility index (Phi) is 4.87. The van der Waals surface area contributed by atoms with Crippen molar-refractivity contribution in [3.05, 3.63) is 23.0 Å². The molecule has 7 nitrogen and oxygen atoms in total. The van der Waals surface area contributed by atoms with E-state index in [0.717, 1.165) is 54.5 Å². The quantitative estimate of drug-likeness (QED) is 0.914. The molecule has 1 N–H and O–H groups in total. The van der Waals surface area contributed by atoms with Crippen molar-refractivity contribution in [3.8, 4) is 0 Å². The maximum Gasteiger partial charge on any atom is 0.157 e. The van der Waals surface area contributed by atoms with Gasteiger partial charge in [0.2, 0.25) is 0 Å². The van der Waals surface area contributed by atoms with Crippen molar-refractivity contribution < 1.29 is 14.2 Å². The molecule has 0 bridgehead atoms. The minimum atomic E-state index is 0.0715. The van der Waals surface area contributed by atoms with Gasteiger partial charge in [0.1, 0.15) is 5.82 Å². The van der Waals surface area contributed by atoms with Crippen LogP contribution in [-0.2, 0) is 14.2 Å². The van der Waals surface area contributed by atoms with Gasteiger partial charge in [-0.25, -0.2) is 4.98 Å². The Morgan fingerprint density at radius 3 is 2.76 bits per heavy atom. The second-order valence-corrected chi connectivity index (χ2v) is 6.85. The standard InChI is InChI=1S/C18H26N4O3/c1-12-13(2)20-17-9-16(14-3-5-23-6-4-14)21-22(17)18(12)19-10-15-11-24-7-8-25-15/h9,14-15,19H,3-8,10-11H2,1-2H3. The number of aryl methyl sites for hydroxylation is 1. The number of aromatic nitrogens is 3. The van der Waals surface area contributed by atoms with E-state index in [-0.39, 0.29) is 6.10 Å². The van der Waals surface area contributed by atoms with E-state index >= 15 is 0 Å². The van der Waals surface area contributed by atoms with E-state index in [9.17, 15) is 0 Å². The minimum Gasteiger partial charge on any atom is -0.381 e. The number of hydrogen-bond acceptors (Lipinski definition) is 6. The Morgan fingerprint density at radius 1 is 1.16 bits per heavy atom. The number of hydrogen-bond donors (Lipinski definition) is 1. The molecule has 2 saturated heterocycles. The molecule has 2 aromatic heterocycles. The SMILES string of the molecule is Cc1nc2cc(C3CCOCC3)nn2c(NCC2COCCO2)c1C. The van der Waals surface area contributed by atoms with Gasteiger partial charge in [0.25, 0.3) is 0 Å². The van der Waals surface area contributed by atoms with Crippen molar-refractivity contribution in [2.24, 2.45) is 0 Å². The third kappa shape index (κ3) is 3.49. The second kappa shape index (κ2) is 7.27. The topological polar surface area (TPSA) is 69.9 Å². The lowest BCUT2D eigenvalue weighted by Crippen LogP contribution is -2.34. The van der Waals surface area contributed by atoms with Crippen molar-refractivity contribution in [2.75, 3.05) is 44.9 Å². The number of ether oxygens (including phenoxy) is 3. The van der Waals surface area contributed by atoms with Gasteiger partial charge in [-0.1, -0.05) is 0 Å². The molecule has 2 fully saturated rings. The summed E-state index contributed by atoms with van der Waals surface area (Å²) in [6, 6.07) is 2.12. The summed E-state index contributed by atoms with van der Waals surface area (Å²) >= 11 is 0. The monoisotopic (exact) mass is 346 g/mol. The number of nitrogens with one attached hydrogen (secondary N) is 1. The molecule has 0 aliphatic carbocycles. The van der Waals surface area contributed by atoms with Crippen LogP contribution in [0.25, 0.3) is 5.65 Å². The van der Waals surface area contributed by atoms with Gasteiger partial charge in [0.15, 0.2) is 5.65 Å². The molecule has 2 aromatic rings. The molecule has 0 amide bonds. The van der Waals surface area contributed by atoms with Gasteiger partial charge in [-0.3, -0.25) is 0 Å². The van der Waals surface area contributed by atoms with Crippen molar-refractivity contribution >= 4 is 11.5 Å². The molecule has 0 aromatic carbocycles. The zero-order chi connectivity index (χ0) is 17.2. The molecule has 1 unspecified atom stereocenters. The second-order valence-electron chi connectivity index (χ2n) is 6.85. The van der Waals surface area contributed by atoms with Crippen LogP contribution in [0.3, 0.4) is 0 Å². The van der Waals surface area contributed by atoms with E-state index < -0.39 is 0 Å². The lowest BCUT2D eigenvalue weighted by Gasteiger charge is -2.24. The molecule has 1 atom stereocenters. The molecular weight excluding hydrogens is 320 g/mol. The molecule has 136 valence electrons. The summed E-state index contributed by atoms with van der Waals surface area (Å²) in [5.74, 6) is 1.45. The molecule has 0 radical (unpaired) electrons. The molecule has 4 heterocycles. The Balaban J connectivity index is 1.61. The van der Waals surface area contributed by atoms with Gasteiger partial charge < -0.3 is 19.5 Å². The number of nitrogens with zero attached hydrogens (tertiary/aromatic N) is 3. The van der Waals surface area contributed by atoms with Crippen LogP contribution < -0.4 is 5.32 Å². The molecule has 0 saturated carbocycles. The molecule has 0 spiro atoms. The summed E-state index contributed by atoms with van der Waals surface area (Å²) in [6.45, 7) is 8.42. The molecular formula is C18H26N4O3. The average Bonchev–Trinajstić information content (AvgIpc) is 3.07. The van der Waals surface area contributed by atoms with Gasteiger partial charge in [0, 0.05) is 43.0 Å². The summed E-state index contributed by atoms with van der Waals surface area (Å²) in [7, 11) is 0. The summed E-state index contributed by atoms with van der Waals surface area (Å²) in [5, 5.41) is 8.38. The van der Waals surface area contributed by atoms with Crippen LogP contribution in [0, 0.1) is 13.8 Å². The Labute approximate surface area is 147 Å². The lowest BCUT2D eigenvalue weighted by atomic mass is 9.97. The van der Waals surface area contributed by atoms with Gasteiger partial charge >= 0.3 is 0 Å². The maximum absolute atomic E-state index is 5.74. The van der Waals surface area contributed by atoms with Gasteiger partial charge in [-0.15, -0.1) is 0 Å². The predicted octanol–water partition coefficient (Wildman–Crippen LogP) is 2.07. The van der Waals surface area contributed by atoms with Gasteiger partial charge in [-0.05, 0) is 26.7 Å². The van der Waals surface area contributed by atoms with E-state index in [2.05, 4.69) is 18.3 Å². The first-order valence-corrected chi connectivity index (χ1v) is 9.10. The number of rotatable bonds is 4. The Morgan fingerprint density at radius 2 is 2.00 bits per heavy atom. The summed E-state index contributed by atoms with van der Waals surface area (Å²) in [6.07, 6.45) is 2.12. The van der Waals surface area contributed by atoms with E-state index in [1.165, 1.54) is 0 Å². The summed E-state index contributed by atoms with van der Waals surface area (Å²) in [5.41, 5.74) is 4.15. The van der Waals surface area contributed by atoms with Crippen LogP contribution in [-0.4, -0.2) is 60.3 Å². The molecule has 25 heavy (non-hydrogen) atoms. The molecule has 2 aliphatic rings. The van der Waals surface area contributed by atoms with E-state index in [4.69, 9.17) is 24.3 Å². The highest BCUT2D eigenvalue weighted by atomic mass is 16.6. The molecule has 2 aliphatic heterocycles. The highest BCUT2D eigenvalue weighted by molar-refractivity contribution is 5.55. The highest BCUT2D eigenvalue weighted by Gasteiger charge is 2.22.